The molecule has 0 radical (unpaired) electrons. The number of amides is 1. The minimum atomic E-state index is -0.906. The van der Waals surface area contributed by atoms with Gasteiger partial charge in [0.15, 0.2) is 0 Å². The number of aliphatic hydroxyl groups excluding tert-OH is 1. The highest BCUT2D eigenvalue weighted by Gasteiger charge is 2.19. The molecule has 2 aromatic rings. The lowest BCUT2D eigenvalue weighted by Gasteiger charge is -2.22. The SMILES string of the molecule is O=C(c1ccc(F)cc1F)N(CCO)Cc1ccccc1. The molecule has 0 bridgehead atoms. The Morgan fingerprint density at radius 1 is 1.10 bits per heavy atom. The minimum Gasteiger partial charge on any atom is -0.395 e. The lowest BCUT2D eigenvalue weighted by atomic mass is 10.1. The summed E-state index contributed by atoms with van der Waals surface area (Å²) in [7, 11) is 0. The van der Waals surface area contributed by atoms with Gasteiger partial charge in [0.05, 0.1) is 12.2 Å². The maximum Gasteiger partial charge on any atom is 0.257 e. The van der Waals surface area contributed by atoms with Crippen molar-refractivity contribution in [2.45, 2.75) is 6.54 Å². The quantitative estimate of drug-likeness (QED) is 0.920. The summed E-state index contributed by atoms with van der Waals surface area (Å²) in [5.41, 5.74) is 0.655. The molecule has 110 valence electrons. The van der Waals surface area contributed by atoms with E-state index in [0.29, 0.717) is 6.07 Å². The predicted molar refractivity (Wildman–Crippen MR) is 74.6 cm³/mol. The highest BCUT2D eigenvalue weighted by atomic mass is 19.1. The third-order valence-corrected chi connectivity index (χ3v) is 3.03. The summed E-state index contributed by atoms with van der Waals surface area (Å²) in [6, 6.07) is 12.0. The highest BCUT2D eigenvalue weighted by molar-refractivity contribution is 5.94. The molecule has 5 heteroatoms. The average Bonchev–Trinajstić information content (AvgIpc) is 2.47. The van der Waals surface area contributed by atoms with Gasteiger partial charge >= 0.3 is 0 Å². The zero-order chi connectivity index (χ0) is 15.2. The number of nitrogens with zero attached hydrogens (tertiary/aromatic N) is 1. The van der Waals surface area contributed by atoms with Gasteiger partial charge in [-0.2, -0.15) is 0 Å². The first-order valence-corrected chi connectivity index (χ1v) is 6.51. The van der Waals surface area contributed by atoms with Crippen LogP contribution in [0, 0.1) is 11.6 Å². The van der Waals surface area contributed by atoms with Crippen LogP contribution in [0.15, 0.2) is 48.5 Å². The molecule has 2 aromatic carbocycles. The van der Waals surface area contributed by atoms with Gasteiger partial charge in [0.2, 0.25) is 0 Å². The van der Waals surface area contributed by atoms with E-state index in [0.717, 1.165) is 17.7 Å². The van der Waals surface area contributed by atoms with Crippen molar-refractivity contribution < 1.29 is 18.7 Å². The van der Waals surface area contributed by atoms with Gasteiger partial charge < -0.3 is 10.0 Å². The number of carbonyl (C=O) groups is 1. The Labute approximate surface area is 121 Å². The van der Waals surface area contributed by atoms with Crippen LogP contribution in [0.25, 0.3) is 0 Å². The molecule has 0 spiro atoms. The number of benzene rings is 2. The number of hydrogen-bond donors (Lipinski definition) is 1. The van der Waals surface area contributed by atoms with Crippen LogP contribution in [0.3, 0.4) is 0 Å². The van der Waals surface area contributed by atoms with Crippen molar-refractivity contribution in [2.75, 3.05) is 13.2 Å². The minimum absolute atomic E-state index is 0.0740. The van der Waals surface area contributed by atoms with E-state index in [9.17, 15) is 13.6 Å². The van der Waals surface area contributed by atoms with Crippen molar-refractivity contribution in [3.63, 3.8) is 0 Å². The van der Waals surface area contributed by atoms with Crippen molar-refractivity contribution >= 4 is 5.91 Å². The van der Waals surface area contributed by atoms with Crippen LogP contribution in [0.2, 0.25) is 0 Å². The Bertz CT molecular complexity index is 617. The summed E-state index contributed by atoms with van der Waals surface area (Å²) in [6.45, 7) is 0.0863. The van der Waals surface area contributed by atoms with Crippen LogP contribution in [-0.2, 0) is 6.54 Å². The van der Waals surface area contributed by atoms with Crippen LogP contribution < -0.4 is 0 Å². The molecule has 0 fully saturated rings. The molecule has 0 aromatic heterocycles. The van der Waals surface area contributed by atoms with Gasteiger partial charge in [0.1, 0.15) is 11.6 Å². The number of carbonyl (C=O) groups excluding carboxylic acids is 1. The molecule has 21 heavy (non-hydrogen) atoms. The van der Waals surface area contributed by atoms with Crippen LogP contribution in [-0.4, -0.2) is 29.1 Å². The standard InChI is InChI=1S/C16H15F2NO2/c17-13-6-7-14(15(18)10-13)16(21)19(8-9-20)11-12-4-2-1-3-5-12/h1-7,10,20H,8-9,11H2. The third-order valence-electron chi connectivity index (χ3n) is 3.03. The van der Waals surface area contributed by atoms with Crippen LogP contribution in [0.4, 0.5) is 8.78 Å². The summed E-state index contributed by atoms with van der Waals surface area (Å²) in [5, 5.41) is 9.08. The molecule has 1 amide bonds. The third kappa shape index (κ3) is 3.86. The molecule has 2 rings (SSSR count). The zero-order valence-corrected chi connectivity index (χ0v) is 11.3. The van der Waals surface area contributed by atoms with Gasteiger partial charge in [-0.1, -0.05) is 30.3 Å². The van der Waals surface area contributed by atoms with Crippen molar-refractivity contribution in [1.29, 1.82) is 0 Å². The number of hydrogen-bond acceptors (Lipinski definition) is 2. The molecule has 0 aliphatic carbocycles. The van der Waals surface area contributed by atoms with Crippen LogP contribution in [0.1, 0.15) is 15.9 Å². The Hall–Kier alpha value is -2.27. The van der Waals surface area contributed by atoms with Crippen molar-refractivity contribution in [1.82, 2.24) is 4.90 Å². The highest BCUT2D eigenvalue weighted by Crippen LogP contribution is 2.14. The second-order valence-electron chi connectivity index (χ2n) is 4.56. The Balaban J connectivity index is 2.23. The average molecular weight is 291 g/mol. The number of rotatable bonds is 5. The fourth-order valence-electron chi connectivity index (χ4n) is 2.01. The van der Waals surface area contributed by atoms with Gasteiger partial charge in [0.25, 0.3) is 5.91 Å². The van der Waals surface area contributed by atoms with Gasteiger partial charge in [0, 0.05) is 19.2 Å². The Kier molecular flexibility index (Phi) is 5.00. The predicted octanol–water partition coefficient (Wildman–Crippen LogP) is 2.60. The molecular weight excluding hydrogens is 276 g/mol. The van der Waals surface area contributed by atoms with E-state index in [4.69, 9.17) is 5.11 Å². The van der Waals surface area contributed by atoms with Gasteiger partial charge in [-0.05, 0) is 17.7 Å². The molecule has 0 aliphatic rings. The van der Waals surface area contributed by atoms with E-state index in [1.54, 1.807) is 0 Å². The van der Waals surface area contributed by atoms with E-state index in [1.165, 1.54) is 4.90 Å². The first-order valence-electron chi connectivity index (χ1n) is 6.51. The maximum absolute atomic E-state index is 13.7. The molecular formula is C16H15F2NO2. The molecule has 1 N–H and O–H groups in total. The van der Waals surface area contributed by atoms with E-state index in [2.05, 4.69) is 0 Å². The number of aliphatic hydroxyl groups is 1. The van der Waals surface area contributed by atoms with Crippen LogP contribution in [0.5, 0.6) is 0 Å². The second kappa shape index (κ2) is 6.95. The van der Waals surface area contributed by atoms with Gasteiger partial charge in [-0.3, -0.25) is 4.79 Å². The molecule has 0 atom stereocenters. The lowest BCUT2D eigenvalue weighted by molar-refractivity contribution is 0.0703. The van der Waals surface area contributed by atoms with Crippen LogP contribution >= 0.6 is 0 Å². The largest absolute Gasteiger partial charge is 0.395 e. The summed E-state index contributed by atoms with van der Waals surface area (Å²) in [6.07, 6.45) is 0. The van der Waals surface area contributed by atoms with E-state index in [1.807, 2.05) is 30.3 Å². The topological polar surface area (TPSA) is 40.5 Å². The Morgan fingerprint density at radius 2 is 1.81 bits per heavy atom. The molecule has 0 saturated heterocycles. The summed E-state index contributed by atoms with van der Waals surface area (Å²) in [4.78, 5) is 13.6. The smallest absolute Gasteiger partial charge is 0.257 e. The van der Waals surface area contributed by atoms with Crippen molar-refractivity contribution in [3.05, 3.63) is 71.3 Å². The first-order chi connectivity index (χ1) is 10.1. The van der Waals surface area contributed by atoms with Gasteiger partial charge in [-0.25, -0.2) is 8.78 Å². The molecule has 3 nitrogen and oxygen atoms in total. The molecule has 0 heterocycles. The van der Waals surface area contributed by atoms with E-state index in [-0.39, 0.29) is 25.3 Å². The maximum atomic E-state index is 13.7. The summed E-state index contributed by atoms with van der Waals surface area (Å²) in [5.74, 6) is -2.22. The Morgan fingerprint density at radius 3 is 2.43 bits per heavy atom. The number of halogens is 2. The van der Waals surface area contributed by atoms with E-state index < -0.39 is 17.5 Å². The lowest BCUT2D eigenvalue weighted by Crippen LogP contribution is -2.33. The normalized spacial score (nSPS) is 10.4. The fourth-order valence-corrected chi connectivity index (χ4v) is 2.01. The fraction of sp³-hybridized carbons (Fsp3) is 0.188. The summed E-state index contributed by atoms with van der Waals surface area (Å²) >= 11 is 0. The monoisotopic (exact) mass is 291 g/mol. The first kappa shape index (κ1) is 15.1. The van der Waals surface area contributed by atoms with Crippen molar-refractivity contribution in [3.8, 4) is 0 Å². The van der Waals surface area contributed by atoms with E-state index >= 15 is 0 Å². The molecule has 0 unspecified atom stereocenters. The van der Waals surface area contributed by atoms with Crippen molar-refractivity contribution in [2.24, 2.45) is 0 Å². The zero-order valence-electron chi connectivity index (χ0n) is 11.3. The molecule has 0 saturated carbocycles. The molecule has 0 aliphatic heterocycles. The second-order valence-corrected chi connectivity index (χ2v) is 4.56. The summed E-state index contributed by atoms with van der Waals surface area (Å²) < 4.78 is 26.6. The van der Waals surface area contributed by atoms with Gasteiger partial charge in [-0.15, -0.1) is 0 Å².